The average Bonchev–Trinajstić information content (AvgIpc) is 2.68. The van der Waals surface area contributed by atoms with Crippen molar-refractivity contribution < 1.29 is 27.5 Å². The van der Waals surface area contributed by atoms with E-state index < -0.39 is 29.2 Å². The Bertz CT molecular complexity index is 865. The fourth-order valence-electron chi connectivity index (χ4n) is 2.86. The Kier molecular flexibility index (Phi) is 5.84. The van der Waals surface area contributed by atoms with Gasteiger partial charge in [-0.2, -0.15) is 13.2 Å². The predicted molar refractivity (Wildman–Crippen MR) is 98.2 cm³/mol. The zero-order valence-corrected chi connectivity index (χ0v) is 14.8. The summed E-state index contributed by atoms with van der Waals surface area (Å²) in [5, 5.41) is 4.50. The lowest BCUT2D eigenvalue weighted by Crippen LogP contribution is -2.37. The van der Waals surface area contributed by atoms with E-state index in [1.54, 1.807) is 24.3 Å². The van der Waals surface area contributed by atoms with E-state index in [0.717, 1.165) is 12.1 Å². The van der Waals surface area contributed by atoms with Gasteiger partial charge >= 0.3 is 18.0 Å². The first-order valence-electron chi connectivity index (χ1n) is 8.56. The predicted octanol–water partition coefficient (Wildman–Crippen LogP) is 3.12. The molecule has 0 saturated carbocycles. The number of benzene rings is 2. The Balaban J connectivity index is 1.73. The van der Waals surface area contributed by atoms with Gasteiger partial charge in [-0.1, -0.05) is 24.3 Å². The van der Waals surface area contributed by atoms with Crippen molar-refractivity contribution in [3.63, 3.8) is 0 Å². The molecule has 9 heteroatoms. The van der Waals surface area contributed by atoms with E-state index in [4.69, 9.17) is 4.74 Å². The molecule has 2 aromatic rings. The lowest BCUT2D eigenvalue weighted by molar-refractivity contribution is -0.137. The molecule has 1 aliphatic rings. The van der Waals surface area contributed by atoms with E-state index in [0.29, 0.717) is 37.7 Å². The maximum absolute atomic E-state index is 13.0. The van der Waals surface area contributed by atoms with Gasteiger partial charge in [0, 0.05) is 13.1 Å². The van der Waals surface area contributed by atoms with Crippen molar-refractivity contribution in [2.75, 3.05) is 41.8 Å². The number of nitrogens with one attached hydrogen (secondary N) is 2. The molecule has 148 valence electrons. The first kappa shape index (κ1) is 19.7. The van der Waals surface area contributed by atoms with Gasteiger partial charge in [-0.05, 0) is 24.3 Å². The first-order chi connectivity index (χ1) is 13.4. The summed E-state index contributed by atoms with van der Waals surface area (Å²) in [6.07, 6.45) is -4.65. The highest BCUT2D eigenvalue weighted by Gasteiger charge is 2.34. The van der Waals surface area contributed by atoms with Crippen LogP contribution in [0.15, 0.2) is 48.5 Å². The third kappa shape index (κ3) is 4.61. The van der Waals surface area contributed by atoms with Crippen LogP contribution in [0.25, 0.3) is 0 Å². The quantitative estimate of drug-likeness (QED) is 0.787. The Morgan fingerprint density at radius 1 is 0.857 bits per heavy atom. The topological polar surface area (TPSA) is 70.7 Å². The Hall–Kier alpha value is -3.07. The Labute approximate surface area is 159 Å². The van der Waals surface area contributed by atoms with Crippen LogP contribution >= 0.6 is 0 Å². The maximum atomic E-state index is 13.0. The number of hydrogen-bond acceptors (Lipinski definition) is 4. The van der Waals surface area contributed by atoms with E-state index in [1.165, 1.54) is 12.1 Å². The van der Waals surface area contributed by atoms with E-state index in [9.17, 15) is 22.8 Å². The van der Waals surface area contributed by atoms with Crippen LogP contribution in [0.5, 0.6) is 0 Å². The molecule has 2 N–H and O–H groups in total. The van der Waals surface area contributed by atoms with Crippen molar-refractivity contribution >= 4 is 28.9 Å². The third-order valence-electron chi connectivity index (χ3n) is 4.19. The van der Waals surface area contributed by atoms with Gasteiger partial charge in [-0.25, -0.2) is 0 Å². The highest BCUT2D eigenvalue weighted by atomic mass is 19.4. The summed E-state index contributed by atoms with van der Waals surface area (Å²) >= 11 is 0. The molecule has 2 amide bonds. The summed E-state index contributed by atoms with van der Waals surface area (Å²) in [6.45, 7) is 2.32. The summed E-state index contributed by atoms with van der Waals surface area (Å²) in [6, 6.07) is 11.4. The molecule has 0 aromatic heterocycles. The molecule has 28 heavy (non-hydrogen) atoms. The van der Waals surface area contributed by atoms with E-state index in [-0.39, 0.29) is 0 Å². The summed E-state index contributed by atoms with van der Waals surface area (Å²) < 4.78 is 44.4. The lowest BCUT2D eigenvalue weighted by atomic mass is 10.1. The van der Waals surface area contributed by atoms with Crippen LogP contribution in [0.3, 0.4) is 0 Å². The summed E-state index contributed by atoms with van der Waals surface area (Å²) in [5.41, 5.74) is -0.391. The SMILES string of the molecule is O=C(Nc1ccccc1N1CCOCC1)C(=O)Nc1ccccc1C(F)(F)F. The first-order valence-corrected chi connectivity index (χ1v) is 8.56. The van der Waals surface area contributed by atoms with Crippen molar-refractivity contribution in [2.45, 2.75) is 6.18 Å². The Morgan fingerprint density at radius 2 is 1.39 bits per heavy atom. The number of carbonyl (C=O) groups is 2. The normalized spacial score (nSPS) is 14.5. The summed E-state index contributed by atoms with van der Waals surface area (Å²) in [7, 11) is 0. The third-order valence-corrected chi connectivity index (χ3v) is 4.19. The van der Waals surface area contributed by atoms with Crippen LogP contribution in [0.4, 0.5) is 30.2 Å². The van der Waals surface area contributed by atoms with Gasteiger partial charge in [0.25, 0.3) is 0 Å². The van der Waals surface area contributed by atoms with Gasteiger partial charge in [0.2, 0.25) is 0 Å². The van der Waals surface area contributed by atoms with Crippen LogP contribution in [-0.2, 0) is 20.5 Å². The number of rotatable bonds is 3. The molecule has 0 radical (unpaired) electrons. The molecule has 1 saturated heterocycles. The minimum atomic E-state index is -4.65. The van der Waals surface area contributed by atoms with Crippen LogP contribution < -0.4 is 15.5 Å². The van der Waals surface area contributed by atoms with Gasteiger partial charge in [0.15, 0.2) is 0 Å². The fourth-order valence-corrected chi connectivity index (χ4v) is 2.86. The standard InChI is InChI=1S/C19H18F3N3O3/c20-19(21,22)13-5-1-2-6-14(13)23-17(26)18(27)24-15-7-3-4-8-16(15)25-9-11-28-12-10-25/h1-8H,9-12H2,(H,23,26)(H,24,27). The summed E-state index contributed by atoms with van der Waals surface area (Å²) in [4.78, 5) is 26.4. The zero-order valence-electron chi connectivity index (χ0n) is 14.8. The molecule has 6 nitrogen and oxygen atoms in total. The second kappa shape index (κ2) is 8.30. The maximum Gasteiger partial charge on any atom is 0.418 e. The average molecular weight is 393 g/mol. The highest BCUT2D eigenvalue weighted by molar-refractivity contribution is 6.44. The number of ether oxygens (including phenoxy) is 1. The van der Waals surface area contributed by atoms with Crippen molar-refractivity contribution in [3.05, 3.63) is 54.1 Å². The number of para-hydroxylation sites is 3. The van der Waals surface area contributed by atoms with Crippen molar-refractivity contribution in [3.8, 4) is 0 Å². The monoisotopic (exact) mass is 393 g/mol. The van der Waals surface area contributed by atoms with Crippen LogP contribution in [0.1, 0.15) is 5.56 Å². The summed E-state index contributed by atoms with van der Waals surface area (Å²) in [5.74, 6) is -2.24. The molecule has 1 fully saturated rings. The van der Waals surface area contributed by atoms with Gasteiger partial charge < -0.3 is 20.3 Å². The van der Waals surface area contributed by atoms with Gasteiger partial charge in [0.1, 0.15) is 0 Å². The van der Waals surface area contributed by atoms with Crippen LogP contribution in [-0.4, -0.2) is 38.1 Å². The number of hydrogen-bond donors (Lipinski definition) is 2. The number of amides is 2. The largest absolute Gasteiger partial charge is 0.418 e. The molecule has 1 heterocycles. The Morgan fingerprint density at radius 3 is 2.04 bits per heavy atom. The number of halogens is 3. The van der Waals surface area contributed by atoms with Crippen molar-refractivity contribution in [1.29, 1.82) is 0 Å². The van der Waals surface area contributed by atoms with Crippen molar-refractivity contribution in [2.24, 2.45) is 0 Å². The molecule has 0 spiro atoms. The van der Waals surface area contributed by atoms with Gasteiger partial charge in [-0.3, -0.25) is 9.59 Å². The minimum Gasteiger partial charge on any atom is -0.378 e. The number of carbonyl (C=O) groups excluding carboxylic acids is 2. The minimum absolute atomic E-state index is 0.397. The fraction of sp³-hybridized carbons (Fsp3) is 0.263. The number of anilines is 3. The van der Waals surface area contributed by atoms with E-state index in [1.807, 2.05) is 10.2 Å². The number of alkyl halides is 3. The van der Waals surface area contributed by atoms with Crippen LogP contribution in [0, 0.1) is 0 Å². The number of morpholine rings is 1. The zero-order chi connectivity index (χ0) is 20.1. The van der Waals surface area contributed by atoms with Gasteiger partial charge in [-0.15, -0.1) is 0 Å². The number of nitrogens with zero attached hydrogens (tertiary/aromatic N) is 1. The molecule has 2 aromatic carbocycles. The molecule has 0 atom stereocenters. The lowest BCUT2D eigenvalue weighted by Gasteiger charge is -2.30. The highest BCUT2D eigenvalue weighted by Crippen LogP contribution is 2.34. The van der Waals surface area contributed by atoms with E-state index in [2.05, 4.69) is 5.32 Å². The smallest absolute Gasteiger partial charge is 0.378 e. The van der Waals surface area contributed by atoms with Gasteiger partial charge in [0.05, 0.1) is 35.8 Å². The molecular formula is C19H18F3N3O3. The molecule has 0 aliphatic carbocycles. The molecule has 1 aliphatic heterocycles. The molecule has 0 unspecified atom stereocenters. The molecular weight excluding hydrogens is 375 g/mol. The molecule has 3 rings (SSSR count). The second-order valence-electron chi connectivity index (χ2n) is 6.07. The van der Waals surface area contributed by atoms with E-state index >= 15 is 0 Å². The van der Waals surface area contributed by atoms with Crippen molar-refractivity contribution in [1.82, 2.24) is 0 Å². The molecule has 0 bridgehead atoms. The second-order valence-corrected chi connectivity index (χ2v) is 6.07. The van der Waals surface area contributed by atoms with Crippen LogP contribution in [0.2, 0.25) is 0 Å².